The van der Waals surface area contributed by atoms with Gasteiger partial charge in [0.1, 0.15) is 6.10 Å². The fourth-order valence-electron chi connectivity index (χ4n) is 3.62. The van der Waals surface area contributed by atoms with E-state index in [-0.39, 0.29) is 12.1 Å². The number of esters is 1. The Bertz CT molecular complexity index is 652. The van der Waals surface area contributed by atoms with Crippen molar-refractivity contribution in [2.24, 2.45) is 5.92 Å². The van der Waals surface area contributed by atoms with Gasteiger partial charge in [-0.15, -0.1) is 0 Å². The van der Waals surface area contributed by atoms with Gasteiger partial charge in [-0.05, 0) is 49.8 Å². The lowest BCUT2D eigenvalue weighted by molar-refractivity contribution is 0.00648. The molecule has 1 fully saturated rings. The minimum Gasteiger partial charge on any atom is -0.458 e. The van der Waals surface area contributed by atoms with Crippen molar-refractivity contribution in [3.05, 3.63) is 35.5 Å². The molecule has 3 rings (SSSR count). The first-order valence-corrected chi connectivity index (χ1v) is 8.47. The summed E-state index contributed by atoms with van der Waals surface area (Å²) in [5.41, 5.74) is 2.84. The van der Waals surface area contributed by atoms with Gasteiger partial charge in [0.2, 0.25) is 0 Å². The summed E-state index contributed by atoms with van der Waals surface area (Å²) in [6, 6.07) is 5.77. The molecule has 1 saturated carbocycles. The van der Waals surface area contributed by atoms with Crippen LogP contribution < -0.4 is 0 Å². The lowest BCUT2D eigenvalue weighted by Gasteiger charge is -2.29. The Balaban J connectivity index is 1.73. The molecule has 2 aromatic rings. The number of hydrogen-bond acceptors (Lipinski definition) is 2. The van der Waals surface area contributed by atoms with Crippen molar-refractivity contribution in [3.8, 4) is 0 Å². The van der Waals surface area contributed by atoms with Gasteiger partial charge in [0, 0.05) is 17.1 Å². The molecule has 1 aromatic heterocycles. The molecule has 0 aliphatic heterocycles. The summed E-state index contributed by atoms with van der Waals surface area (Å²) in [7, 11) is 0. The minimum absolute atomic E-state index is 0.0638. The van der Waals surface area contributed by atoms with Crippen molar-refractivity contribution < 1.29 is 9.53 Å². The topological polar surface area (TPSA) is 42.1 Å². The number of aromatic nitrogens is 1. The maximum atomic E-state index is 12.5. The lowest BCUT2D eigenvalue weighted by atomic mass is 9.84. The van der Waals surface area contributed by atoms with E-state index in [1.165, 1.54) is 37.7 Å². The molecule has 0 saturated heterocycles. The fourth-order valence-corrected chi connectivity index (χ4v) is 3.62. The molecular weight excluding hydrogens is 274 g/mol. The van der Waals surface area contributed by atoms with E-state index in [4.69, 9.17) is 4.74 Å². The van der Waals surface area contributed by atoms with E-state index >= 15 is 0 Å². The monoisotopic (exact) mass is 299 g/mol. The number of hydrogen-bond donors (Lipinski definition) is 1. The number of benzene rings is 1. The summed E-state index contributed by atoms with van der Waals surface area (Å²) in [6.07, 6.45) is 9.19. The number of H-pyrrole nitrogens is 1. The van der Waals surface area contributed by atoms with Crippen LogP contribution in [0.4, 0.5) is 0 Å². The molecule has 1 unspecified atom stereocenters. The van der Waals surface area contributed by atoms with Crippen molar-refractivity contribution in [3.63, 3.8) is 0 Å². The molecule has 1 aromatic carbocycles. The van der Waals surface area contributed by atoms with E-state index < -0.39 is 0 Å². The SMILES string of the molecule is CCC(OC(=O)c1ccc2c(C)c[nH]c2c1)C1CCCCC1. The Kier molecular flexibility index (Phi) is 4.51. The Morgan fingerprint density at radius 2 is 2.09 bits per heavy atom. The van der Waals surface area contributed by atoms with Gasteiger partial charge in [0.15, 0.2) is 0 Å². The van der Waals surface area contributed by atoms with Crippen molar-refractivity contribution in [1.29, 1.82) is 0 Å². The van der Waals surface area contributed by atoms with Crippen molar-refractivity contribution in [2.75, 3.05) is 0 Å². The van der Waals surface area contributed by atoms with Gasteiger partial charge in [0.05, 0.1) is 5.56 Å². The standard InChI is InChI=1S/C19H25NO2/c1-3-18(14-7-5-4-6-8-14)22-19(21)15-9-10-16-13(2)12-20-17(16)11-15/h9-12,14,18,20H,3-8H2,1-2H3. The predicted molar refractivity (Wildman–Crippen MR) is 89.1 cm³/mol. The third-order valence-electron chi connectivity index (χ3n) is 4.96. The molecule has 1 aliphatic rings. The maximum absolute atomic E-state index is 12.5. The number of carbonyl (C=O) groups is 1. The highest BCUT2D eigenvalue weighted by Crippen LogP contribution is 2.30. The molecular formula is C19H25NO2. The number of carbonyl (C=O) groups excluding carboxylic acids is 1. The summed E-state index contributed by atoms with van der Waals surface area (Å²) in [6.45, 7) is 4.18. The molecule has 3 heteroatoms. The fraction of sp³-hybridized carbons (Fsp3) is 0.526. The highest BCUT2D eigenvalue weighted by Gasteiger charge is 2.26. The lowest BCUT2D eigenvalue weighted by Crippen LogP contribution is -2.28. The van der Waals surface area contributed by atoms with Gasteiger partial charge in [-0.3, -0.25) is 0 Å². The van der Waals surface area contributed by atoms with Crippen LogP contribution in [0, 0.1) is 12.8 Å². The third kappa shape index (κ3) is 3.03. The van der Waals surface area contributed by atoms with E-state index in [0.717, 1.165) is 17.3 Å². The van der Waals surface area contributed by atoms with Crippen LogP contribution in [0.15, 0.2) is 24.4 Å². The molecule has 1 N–H and O–H groups in total. The van der Waals surface area contributed by atoms with Crippen molar-refractivity contribution in [1.82, 2.24) is 4.98 Å². The Morgan fingerprint density at radius 3 is 2.82 bits per heavy atom. The molecule has 3 nitrogen and oxygen atoms in total. The highest BCUT2D eigenvalue weighted by molar-refractivity contribution is 5.95. The van der Waals surface area contributed by atoms with Crippen LogP contribution in [0.2, 0.25) is 0 Å². The molecule has 1 aliphatic carbocycles. The van der Waals surface area contributed by atoms with Crippen molar-refractivity contribution >= 4 is 16.9 Å². The Morgan fingerprint density at radius 1 is 1.32 bits per heavy atom. The molecule has 1 heterocycles. The minimum atomic E-state index is -0.188. The number of nitrogens with one attached hydrogen (secondary N) is 1. The van der Waals surface area contributed by atoms with Crippen LogP contribution in [-0.4, -0.2) is 17.1 Å². The van der Waals surface area contributed by atoms with Crippen LogP contribution >= 0.6 is 0 Å². The Labute approximate surface area is 132 Å². The summed E-state index contributed by atoms with van der Waals surface area (Å²) < 4.78 is 5.83. The predicted octanol–water partition coefficient (Wildman–Crippen LogP) is 4.99. The van der Waals surface area contributed by atoms with E-state index in [9.17, 15) is 4.79 Å². The van der Waals surface area contributed by atoms with Crippen LogP contribution in [0.25, 0.3) is 10.9 Å². The summed E-state index contributed by atoms with van der Waals surface area (Å²) in [5.74, 6) is 0.353. The van der Waals surface area contributed by atoms with Crippen LogP contribution in [-0.2, 0) is 4.74 Å². The quantitative estimate of drug-likeness (QED) is 0.808. The number of ether oxygens (including phenoxy) is 1. The van der Waals surface area contributed by atoms with Gasteiger partial charge >= 0.3 is 5.97 Å². The highest BCUT2D eigenvalue weighted by atomic mass is 16.5. The summed E-state index contributed by atoms with van der Waals surface area (Å²) in [4.78, 5) is 15.7. The first-order valence-electron chi connectivity index (χ1n) is 8.47. The second-order valence-electron chi connectivity index (χ2n) is 6.48. The normalized spacial score (nSPS) is 17.5. The van der Waals surface area contributed by atoms with Crippen LogP contribution in [0.3, 0.4) is 0 Å². The zero-order valence-electron chi connectivity index (χ0n) is 13.5. The number of aryl methyl sites for hydroxylation is 1. The molecule has 0 spiro atoms. The molecule has 0 amide bonds. The molecule has 1 atom stereocenters. The third-order valence-corrected chi connectivity index (χ3v) is 4.96. The van der Waals surface area contributed by atoms with Gasteiger partial charge in [-0.1, -0.05) is 32.3 Å². The number of rotatable bonds is 4. The maximum Gasteiger partial charge on any atom is 0.338 e. The van der Waals surface area contributed by atoms with Gasteiger partial charge in [0.25, 0.3) is 0 Å². The smallest absolute Gasteiger partial charge is 0.338 e. The molecule has 118 valence electrons. The van der Waals surface area contributed by atoms with Gasteiger partial charge in [-0.25, -0.2) is 4.79 Å². The number of fused-ring (bicyclic) bond motifs is 1. The summed E-state index contributed by atoms with van der Waals surface area (Å²) in [5, 5.41) is 1.16. The number of aromatic amines is 1. The second kappa shape index (κ2) is 6.55. The largest absolute Gasteiger partial charge is 0.458 e. The summed E-state index contributed by atoms with van der Waals surface area (Å²) >= 11 is 0. The average molecular weight is 299 g/mol. The Hall–Kier alpha value is -1.77. The first kappa shape index (κ1) is 15.1. The molecule has 22 heavy (non-hydrogen) atoms. The van der Waals surface area contributed by atoms with Crippen LogP contribution in [0.1, 0.15) is 61.4 Å². The zero-order valence-corrected chi connectivity index (χ0v) is 13.5. The van der Waals surface area contributed by atoms with E-state index in [1.807, 2.05) is 24.4 Å². The van der Waals surface area contributed by atoms with Gasteiger partial charge < -0.3 is 9.72 Å². The van der Waals surface area contributed by atoms with E-state index in [1.54, 1.807) is 0 Å². The average Bonchev–Trinajstić information content (AvgIpc) is 2.94. The molecule has 0 radical (unpaired) electrons. The van der Waals surface area contributed by atoms with Crippen LogP contribution in [0.5, 0.6) is 0 Å². The van der Waals surface area contributed by atoms with E-state index in [0.29, 0.717) is 11.5 Å². The zero-order chi connectivity index (χ0) is 15.5. The molecule has 0 bridgehead atoms. The second-order valence-corrected chi connectivity index (χ2v) is 6.48. The van der Waals surface area contributed by atoms with Gasteiger partial charge in [-0.2, -0.15) is 0 Å². The van der Waals surface area contributed by atoms with E-state index in [2.05, 4.69) is 18.8 Å². The first-order chi connectivity index (χ1) is 10.7. The van der Waals surface area contributed by atoms with Crippen molar-refractivity contribution in [2.45, 2.75) is 58.5 Å².